The summed E-state index contributed by atoms with van der Waals surface area (Å²) in [6.45, 7) is -0.500. The van der Waals surface area contributed by atoms with Gasteiger partial charge in [-0.25, -0.2) is 9.78 Å². The third kappa shape index (κ3) is 1.78. The Hall–Kier alpha value is -2.01. The molecule has 1 aliphatic heterocycles. The van der Waals surface area contributed by atoms with E-state index in [4.69, 9.17) is 9.84 Å². The van der Waals surface area contributed by atoms with Gasteiger partial charge in [0.2, 0.25) is 0 Å². The highest BCUT2D eigenvalue weighted by Gasteiger charge is 2.43. The molecule has 1 saturated heterocycles. The van der Waals surface area contributed by atoms with Crippen molar-refractivity contribution in [2.45, 2.75) is 24.5 Å². The second-order valence-electron chi connectivity index (χ2n) is 4.49. The Morgan fingerprint density at radius 2 is 2.05 bits per heavy atom. The summed E-state index contributed by atoms with van der Waals surface area (Å²) in [6, 6.07) is 0. The van der Waals surface area contributed by atoms with Crippen molar-refractivity contribution in [2.24, 2.45) is 0 Å². The van der Waals surface area contributed by atoms with Gasteiger partial charge in [-0.05, 0) is 0 Å². The molecule has 0 radical (unpaired) electrons. The third-order valence-corrected chi connectivity index (χ3v) is 3.26. The smallest absolute Gasteiger partial charge is 0.325 e. The quantitative estimate of drug-likeness (QED) is 0.394. The van der Waals surface area contributed by atoms with Crippen LogP contribution in [-0.2, 0) is 4.74 Å². The number of H-pyrrole nitrogens is 2. The van der Waals surface area contributed by atoms with E-state index in [-0.39, 0.29) is 11.2 Å². The molecule has 20 heavy (non-hydrogen) atoms. The van der Waals surface area contributed by atoms with Gasteiger partial charge >= 0.3 is 5.69 Å². The fourth-order valence-electron chi connectivity index (χ4n) is 2.22. The standard InChI is InChI=1S/C10H12N4O6/c15-1-3-5(16)6(17)9(20-3)14-2-11-7-4(8(14)18)12-10(19)13-7/h2-3,5-6,9,15-17H,1H2,(H2,12,13,19)/t3-,5-,6-,9?/m1/s1. The lowest BCUT2D eigenvalue weighted by atomic mass is 10.1. The highest BCUT2D eigenvalue weighted by Crippen LogP contribution is 2.28. The number of ether oxygens (including phenoxy) is 1. The summed E-state index contributed by atoms with van der Waals surface area (Å²) < 4.78 is 6.18. The normalized spacial score (nSPS) is 30.1. The number of aliphatic hydroxyl groups excluding tert-OH is 3. The molecule has 0 amide bonds. The molecule has 3 rings (SSSR count). The summed E-state index contributed by atoms with van der Waals surface area (Å²) in [5, 5.41) is 28.5. The summed E-state index contributed by atoms with van der Waals surface area (Å²) in [5.41, 5.74) is -1.19. The van der Waals surface area contributed by atoms with Gasteiger partial charge in [0.25, 0.3) is 5.56 Å². The zero-order valence-electron chi connectivity index (χ0n) is 10.1. The van der Waals surface area contributed by atoms with E-state index in [0.29, 0.717) is 0 Å². The lowest BCUT2D eigenvalue weighted by Gasteiger charge is -2.16. The van der Waals surface area contributed by atoms with E-state index in [2.05, 4.69) is 15.0 Å². The first-order valence-electron chi connectivity index (χ1n) is 5.84. The van der Waals surface area contributed by atoms with E-state index in [1.807, 2.05) is 0 Å². The summed E-state index contributed by atoms with van der Waals surface area (Å²) in [4.78, 5) is 31.8. The molecule has 3 heterocycles. The van der Waals surface area contributed by atoms with E-state index < -0.39 is 42.4 Å². The monoisotopic (exact) mass is 284 g/mol. The molecule has 0 aromatic carbocycles. The van der Waals surface area contributed by atoms with E-state index in [9.17, 15) is 19.8 Å². The Bertz CT molecular complexity index is 748. The second-order valence-corrected chi connectivity index (χ2v) is 4.49. The highest BCUT2D eigenvalue weighted by molar-refractivity contribution is 5.67. The van der Waals surface area contributed by atoms with Crippen LogP contribution < -0.4 is 11.2 Å². The molecule has 0 spiro atoms. The molecule has 0 bridgehead atoms. The highest BCUT2D eigenvalue weighted by atomic mass is 16.6. The molecule has 4 atom stereocenters. The van der Waals surface area contributed by atoms with Crippen LogP contribution in [0, 0.1) is 0 Å². The van der Waals surface area contributed by atoms with Gasteiger partial charge in [0.05, 0.1) is 6.61 Å². The molecule has 0 aliphatic carbocycles. The average molecular weight is 284 g/mol. The van der Waals surface area contributed by atoms with Crippen molar-refractivity contribution in [1.29, 1.82) is 0 Å². The minimum absolute atomic E-state index is 0.0600. The Morgan fingerprint density at radius 1 is 1.30 bits per heavy atom. The molecular weight excluding hydrogens is 272 g/mol. The van der Waals surface area contributed by atoms with Crippen LogP contribution in [0.1, 0.15) is 6.23 Å². The maximum absolute atomic E-state index is 12.2. The van der Waals surface area contributed by atoms with Gasteiger partial charge in [-0.1, -0.05) is 0 Å². The Morgan fingerprint density at radius 3 is 2.70 bits per heavy atom. The zero-order valence-corrected chi connectivity index (χ0v) is 10.1. The minimum Gasteiger partial charge on any atom is -0.394 e. The van der Waals surface area contributed by atoms with Crippen LogP contribution in [0.2, 0.25) is 0 Å². The fourth-order valence-corrected chi connectivity index (χ4v) is 2.22. The predicted octanol–water partition coefficient (Wildman–Crippen LogP) is -2.98. The summed E-state index contributed by atoms with van der Waals surface area (Å²) >= 11 is 0. The zero-order chi connectivity index (χ0) is 14.4. The van der Waals surface area contributed by atoms with Crippen molar-refractivity contribution in [2.75, 3.05) is 6.61 Å². The molecular formula is C10H12N4O6. The van der Waals surface area contributed by atoms with Gasteiger partial charge in [0, 0.05) is 0 Å². The lowest BCUT2D eigenvalue weighted by Crippen LogP contribution is -2.35. The van der Waals surface area contributed by atoms with Gasteiger partial charge in [-0.2, -0.15) is 0 Å². The van der Waals surface area contributed by atoms with Gasteiger partial charge in [-0.15, -0.1) is 0 Å². The number of nitrogens with one attached hydrogen (secondary N) is 2. The number of aromatic nitrogens is 4. The van der Waals surface area contributed by atoms with Gasteiger partial charge in [-0.3, -0.25) is 19.3 Å². The molecule has 1 aliphatic rings. The molecule has 1 fully saturated rings. The third-order valence-electron chi connectivity index (χ3n) is 3.26. The van der Waals surface area contributed by atoms with Gasteiger partial charge in [0.15, 0.2) is 17.4 Å². The molecule has 108 valence electrons. The molecule has 2 aromatic heterocycles. The SMILES string of the molecule is O=c1[nH]c2ncn(C3O[C@H](CO)[C@@H](O)[C@H]3O)c(=O)c2[nH]1. The summed E-state index contributed by atoms with van der Waals surface area (Å²) in [5.74, 6) is 0. The number of imidazole rings is 1. The van der Waals surface area contributed by atoms with Crippen molar-refractivity contribution in [3.8, 4) is 0 Å². The first kappa shape index (κ1) is 13.0. The average Bonchev–Trinajstić information content (AvgIpc) is 2.93. The first-order chi connectivity index (χ1) is 9.52. The number of aromatic amines is 2. The fraction of sp³-hybridized carbons (Fsp3) is 0.500. The number of aliphatic hydroxyl groups is 3. The molecule has 5 N–H and O–H groups in total. The molecule has 2 aromatic rings. The molecule has 10 heteroatoms. The maximum atomic E-state index is 12.2. The van der Waals surface area contributed by atoms with Crippen molar-refractivity contribution in [3.05, 3.63) is 27.2 Å². The van der Waals surface area contributed by atoms with E-state index >= 15 is 0 Å². The second kappa shape index (κ2) is 4.52. The van der Waals surface area contributed by atoms with Gasteiger partial charge in [0.1, 0.15) is 24.6 Å². The van der Waals surface area contributed by atoms with Crippen molar-refractivity contribution < 1.29 is 20.1 Å². The summed E-state index contributed by atoms with van der Waals surface area (Å²) in [6.07, 6.45) is -3.81. The molecule has 10 nitrogen and oxygen atoms in total. The van der Waals surface area contributed by atoms with Crippen molar-refractivity contribution >= 4 is 11.2 Å². The lowest BCUT2D eigenvalue weighted by molar-refractivity contribution is -0.0546. The first-order valence-corrected chi connectivity index (χ1v) is 5.84. The van der Waals surface area contributed by atoms with Crippen LogP contribution in [-0.4, -0.2) is 59.8 Å². The predicted molar refractivity (Wildman–Crippen MR) is 64.0 cm³/mol. The van der Waals surface area contributed by atoms with Gasteiger partial charge < -0.3 is 20.1 Å². The topological polar surface area (TPSA) is 153 Å². The van der Waals surface area contributed by atoms with Crippen LogP contribution in [0.3, 0.4) is 0 Å². The number of rotatable bonds is 2. The Labute approximate surface area is 110 Å². The van der Waals surface area contributed by atoms with Crippen molar-refractivity contribution in [1.82, 2.24) is 19.5 Å². The van der Waals surface area contributed by atoms with Crippen LogP contribution in [0.15, 0.2) is 15.9 Å². The molecule has 1 unspecified atom stereocenters. The van der Waals surface area contributed by atoms with Crippen LogP contribution in [0.25, 0.3) is 11.2 Å². The van der Waals surface area contributed by atoms with Crippen LogP contribution in [0.4, 0.5) is 0 Å². The number of hydrogen-bond donors (Lipinski definition) is 5. The largest absolute Gasteiger partial charge is 0.394 e. The Balaban J connectivity index is 2.09. The minimum atomic E-state index is -1.39. The summed E-state index contributed by atoms with van der Waals surface area (Å²) in [7, 11) is 0. The van der Waals surface area contributed by atoms with Crippen molar-refractivity contribution in [3.63, 3.8) is 0 Å². The van der Waals surface area contributed by atoms with E-state index in [1.165, 1.54) is 0 Å². The Kier molecular flexibility index (Phi) is 2.94. The van der Waals surface area contributed by atoms with E-state index in [0.717, 1.165) is 10.9 Å². The van der Waals surface area contributed by atoms with Crippen LogP contribution in [0.5, 0.6) is 0 Å². The maximum Gasteiger partial charge on any atom is 0.325 e. The number of fused-ring (bicyclic) bond motifs is 1. The number of nitrogens with zero attached hydrogens (tertiary/aromatic N) is 2. The van der Waals surface area contributed by atoms with E-state index in [1.54, 1.807) is 0 Å². The molecule has 0 saturated carbocycles. The van der Waals surface area contributed by atoms with Crippen LogP contribution >= 0.6 is 0 Å². The number of hydrogen-bond acceptors (Lipinski definition) is 7.